The van der Waals surface area contributed by atoms with Gasteiger partial charge in [-0.05, 0) is 45.3 Å². The van der Waals surface area contributed by atoms with Gasteiger partial charge in [-0.15, -0.1) is 12.4 Å². The van der Waals surface area contributed by atoms with Gasteiger partial charge in [-0.2, -0.15) is 0 Å². The minimum Gasteiger partial charge on any atom is -0.368 e. The maximum absolute atomic E-state index is 12.5. The number of ether oxygens (including phenoxy) is 1. The number of hydrogen-bond acceptors (Lipinski definition) is 3. The number of carbonyl (C=O) groups excluding carboxylic acids is 1. The summed E-state index contributed by atoms with van der Waals surface area (Å²) in [6.45, 7) is 5.70. The monoisotopic (exact) mass is 312 g/mol. The van der Waals surface area contributed by atoms with E-state index < -0.39 is 5.60 Å². The molecule has 1 amide bonds. The van der Waals surface area contributed by atoms with Crippen molar-refractivity contribution >= 4 is 18.3 Å². The van der Waals surface area contributed by atoms with Gasteiger partial charge in [0, 0.05) is 7.11 Å². The number of piperidine rings is 1. The van der Waals surface area contributed by atoms with E-state index in [1.54, 1.807) is 7.11 Å². The van der Waals surface area contributed by atoms with Crippen molar-refractivity contribution in [1.29, 1.82) is 0 Å². The van der Waals surface area contributed by atoms with Crippen LogP contribution in [0.15, 0.2) is 24.3 Å². The first-order chi connectivity index (χ1) is 9.57. The van der Waals surface area contributed by atoms with E-state index >= 15 is 0 Å². The molecule has 1 saturated heterocycles. The van der Waals surface area contributed by atoms with Gasteiger partial charge in [-0.25, -0.2) is 0 Å². The smallest absolute Gasteiger partial charge is 0.252 e. The molecular formula is C16H25ClN2O2. The van der Waals surface area contributed by atoms with Crippen LogP contribution in [0.4, 0.5) is 0 Å². The van der Waals surface area contributed by atoms with Gasteiger partial charge >= 0.3 is 0 Å². The second kappa shape index (κ2) is 7.78. The first-order valence-electron chi connectivity index (χ1n) is 7.21. The molecule has 0 aromatic heterocycles. The molecule has 0 spiro atoms. The number of rotatable bonds is 4. The van der Waals surface area contributed by atoms with Crippen LogP contribution in [0.5, 0.6) is 0 Å². The number of amides is 1. The molecule has 2 rings (SSSR count). The van der Waals surface area contributed by atoms with Gasteiger partial charge in [0.05, 0.1) is 6.04 Å². The molecule has 1 fully saturated rings. The third kappa shape index (κ3) is 4.19. The van der Waals surface area contributed by atoms with E-state index in [9.17, 15) is 4.79 Å². The summed E-state index contributed by atoms with van der Waals surface area (Å²) in [5.41, 5.74) is 1.66. The molecule has 1 aliphatic heterocycles. The van der Waals surface area contributed by atoms with E-state index in [-0.39, 0.29) is 24.4 Å². The fourth-order valence-electron chi connectivity index (χ4n) is 2.62. The molecule has 21 heavy (non-hydrogen) atoms. The Balaban J connectivity index is 0.00000220. The lowest BCUT2D eigenvalue weighted by Gasteiger charge is -2.35. The van der Waals surface area contributed by atoms with Crippen LogP contribution in [-0.2, 0) is 9.53 Å². The average molecular weight is 313 g/mol. The summed E-state index contributed by atoms with van der Waals surface area (Å²) in [6, 6.07) is 8.23. The number of methoxy groups -OCH3 is 1. The number of carbonyl (C=O) groups is 1. The molecule has 4 nitrogen and oxygen atoms in total. The molecule has 5 heteroatoms. The van der Waals surface area contributed by atoms with E-state index in [0.29, 0.717) is 0 Å². The van der Waals surface area contributed by atoms with Crippen LogP contribution in [-0.4, -0.2) is 31.7 Å². The molecule has 118 valence electrons. The second-order valence-electron chi connectivity index (χ2n) is 5.55. The molecule has 0 radical (unpaired) electrons. The average Bonchev–Trinajstić information content (AvgIpc) is 2.48. The van der Waals surface area contributed by atoms with Crippen molar-refractivity contribution in [3.63, 3.8) is 0 Å². The third-order valence-electron chi connectivity index (χ3n) is 4.14. The van der Waals surface area contributed by atoms with Crippen LogP contribution in [0.1, 0.15) is 36.9 Å². The molecule has 1 aromatic rings. The van der Waals surface area contributed by atoms with E-state index in [1.165, 1.54) is 5.56 Å². The highest BCUT2D eigenvalue weighted by molar-refractivity contribution is 5.86. The van der Waals surface area contributed by atoms with E-state index in [2.05, 4.69) is 41.8 Å². The van der Waals surface area contributed by atoms with Crippen LogP contribution in [0.3, 0.4) is 0 Å². The highest BCUT2D eigenvalue weighted by atomic mass is 35.5. The van der Waals surface area contributed by atoms with Crippen molar-refractivity contribution in [2.24, 2.45) is 0 Å². The molecule has 2 N–H and O–H groups in total. The first-order valence-corrected chi connectivity index (χ1v) is 7.21. The van der Waals surface area contributed by atoms with Crippen molar-refractivity contribution in [2.75, 3.05) is 20.2 Å². The van der Waals surface area contributed by atoms with Gasteiger partial charge in [0.2, 0.25) is 0 Å². The molecule has 1 aliphatic rings. The summed E-state index contributed by atoms with van der Waals surface area (Å²) in [6.07, 6.45) is 1.44. The summed E-state index contributed by atoms with van der Waals surface area (Å²) in [4.78, 5) is 12.5. The lowest BCUT2D eigenvalue weighted by atomic mass is 9.90. The van der Waals surface area contributed by atoms with Gasteiger partial charge in [-0.1, -0.05) is 29.8 Å². The Morgan fingerprint density at radius 1 is 1.29 bits per heavy atom. The lowest BCUT2D eigenvalue weighted by molar-refractivity contribution is -0.147. The zero-order valence-corrected chi connectivity index (χ0v) is 13.8. The summed E-state index contributed by atoms with van der Waals surface area (Å²) < 4.78 is 5.54. The van der Waals surface area contributed by atoms with E-state index in [4.69, 9.17) is 4.74 Å². The maximum atomic E-state index is 12.5. The molecule has 1 atom stereocenters. The highest BCUT2D eigenvalue weighted by Crippen LogP contribution is 2.24. The highest BCUT2D eigenvalue weighted by Gasteiger charge is 2.40. The van der Waals surface area contributed by atoms with Crippen LogP contribution in [0, 0.1) is 6.92 Å². The second-order valence-corrected chi connectivity index (χ2v) is 5.55. The van der Waals surface area contributed by atoms with E-state index in [0.717, 1.165) is 31.5 Å². The van der Waals surface area contributed by atoms with E-state index in [1.807, 2.05) is 6.92 Å². The minimum absolute atomic E-state index is 0. The predicted molar refractivity (Wildman–Crippen MR) is 86.8 cm³/mol. The fraction of sp³-hybridized carbons (Fsp3) is 0.562. The maximum Gasteiger partial charge on any atom is 0.252 e. The Morgan fingerprint density at radius 2 is 1.86 bits per heavy atom. The topological polar surface area (TPSA) is 50.4 Å². The fourth-order valence-corrected chi connectivity index (χ4v) is 2.62. The molecule has 1 aromatic carbocycles. The van der Waals surface area contributed by atoms with Crippen molar-refractivity contribution in [1.82, 2.24) is 10.6 Å². The van der Waals surface area contributed by atoms with Crippen molar-refractivity contribution in [2.45, 2.75) is 38.3 Å². The van der Waals surface area contributed by atoms with Crippen LogP contribution in [0.25, 0.3) is 0 Å². The Kier molecular flexibility index (Phi) is 6.65. The van der Waals surface area contributed by atoms with Gasteiger partial charge in [-0.3, -0.25) is 4.79 Å². The number of hydrogen-bond donors (Lipinski definition) is 2. The summed E-state index contributed by atoms with van der Waals surface area (Å²) in [7, 11) is 1.63. The summed E-state index contributed by atoms with van der Waals surface area (Å²) in [5.74, 6) is -0.00502. The molecule has 0 aliphatic carbocycles. The van der Waals surface area contributed by atoms with Crippen LogP contribution >= 0.6 is 12.4 Å². The number of aryl methyl sites for hydroxylation is 1. The number of benzene rings is 1. The number of nitrogens with one attached hydrogen (secondary N) is 2. The Hall–Kier alpha value is -1.10. The van der Waals surface area contributed by atoms with Crippen molar-refractivity contribution in [3.05, 3.63) is 35.4 Å². The SMILES string of the molecule is COC1(C(=O)NC(C)c2ccc(C)cc2)CCNCC1.Cl. The quantitative estimate of drug-likeness (QED) is 0.897. The molecule has 1 unspecified atom stereocenters. The van der Waals surface area contributed by atoms with Gasteiger partial charge < -0.3 is 15.4 Å². The van der Waals surface area contributed by atoms with Crippen LogP contribution < -0.4 is 10.6 Å². The van der Waals surface area contributed by atoms with Gasteiger partial charge in [0.15, 0.2) is 0 Å². The lowest BCUT2D eigenvalue weighted by Crippen LogP contribution is -2.54. The molecule has 1 heterocycles. The third-order valence-corrected chi connectivity index (χ3v) is 4.14. The zero-order valence-electron chi connectivity index (χ0n) is 12.9. The summed E-state index contributed by atoms with van der Waals surface area (Å²) in [5, 5.41) is 6.35. The van der Waals surface area contributed by atoms with Gasteiger partial charge in [0.25, 0.3) is 5.91 Å². The Labute approximate surface area is 133 Å². The predicted octanol–water partition coefficient (Wildman–Crippen LogP) is 2.36. The zero-order chi connectivity index (χ0) is 14.6. The van der Waals surface area contributed by atoms with Crippen molar-refractivity contribution in [3.8, 4) is 0 Å². The molecule has 0 bridgehead atoms. The standard InChI is InChI=1S/C16H24N2O2.ClH/c1-12-4-6-14(7-5-12)13(2)18-15(19)16(20-3)8-10-17-11-9-16;/h4-7,13,17H,8-11H2,1-3H3,(H,18,19);1H. The minimum atomic E-state index is -0.676. The van der Waals surface area contributed by atoms with Crippen LogP contribution in [0.2, 0.25) is 0 Å². The summed E-state index contributed by atoms with van der Waals surface area (Å²) >= 11 is 0. The Bertz CT molecular complexity index is 456. The molecular weight excluding hydrogens is 288 g/mol. The molecule has 0 saturated carbocycles. The normalized spacial score (nSPS) is 18.4. The number of halogens is 1. The van der Waals surface area contributed by atoms with Gasteiger partial charge in [0.1, 0.15) is 5.60 Å². The largest absolute Gasteiger partial charge is 0.368 e. The Morgan fingerprint density at radius 3 is 2.38 bits per heavy atom. The van der Waals surface area contributed by atoms with Crippen molar-refractivity contribution < 1.29 is 9.53 Å². The first kappa shape index (κ1) is 18.0.